The maximum absolute atomic E-state index is 13.7. The summed E-state index contributed by atoms with van der Waals surface area (Å²) in [6.45, 7) is 0. The van der Waals surface area contributed by atoms with Crippen molar-refractivity contribution in [3.63, 3.8) is 0 Å². The van der Waals surface area contributed by atoms with E-state index in [-0.39, 0.29) is 18.1 Å². The minimum atomic E-state index is -0.858. The normalized spacial score (nSPS) is 12.5. The molecule has 1 N–H and O–H groups in total. The fourth-order valence-electron chi connectivity index (χ4n) is 1.78. The first-order chi connectivity index (χ1) is 8.97. The highest BCUT2D eigenvalue weighted by Gasteiger charge is 2.15. The van der Waals surface area contributed by atoms with E-state index in [1.807, 2.05) is 22.6 Å². The summed E-state index contributed by atoms with van der Waals surface area (Å²) >= 11 is 5.14. The van der Waals surface area contributed by atoms with Crippen LogP contribution in [0.25, 0.3) is 0 Å². The van der Waals surface area contributed by atoms with Gasteiger partial charge in [-0.2, -0.15) is 0 Å². The van der Waals surface area contributed by atoms with Gasteiger partial charge in [-0.3, -0.25) is 0 Å². The smallest absolute Gasteiger partial charge is 0.127 e. The summed E-state index contributed by atoms with van der Waals surface area (Å²) in [5.74, 6) is -0.722. The zero-order chi connectivity index (χ0) is 14.0. The van der Waals surface area contributed by atoms with Gasteiger partial charge >= 0.3 is 0 Å². The first-order valence-electron chi connectivity index (χ1n) is 5.54. The Hall–Kier alpha value is -0.530. The van der Waals surface area contributed by atoms with Crippen molar-refractivity contribution in [2.24, 2.45) is 0 Å². The van der Waals surface area contributed by atoms with Crippen molar-refractivity contribution in [3.8, 4) is 0 Å². The summed E-state index contributed by atoms with van der Waals surface area (Å²) < 4.78 is 28.0. The number of aliphatic hydroxyl groups excluding tert-OH is 1. The van der Waals surface area contributed by atoms with E-state index in [0.29, 0.717) is 19.2 Å². The highest BCUT2D eigenvalue weighted by molar-refractivity contribution is 14.1. The minimum Gasteiger partial charge on any atom is -0.388 e. The van der Waals surface area contributed by atoms with Gasteiger partial charge in [0.1, 0.15) is 11.6 Å². The third-order valence-electron chi connectivity index (χ3n) is 2.75. The summed E-state index contributed by atoms with van der Waals surface area (Å²) in [6, 6.07) is 8.87. The Morgan fingerprint density at radius 1 is 1.16 bits per heavy atom. The van der Waals surface area contributed by atoms with E-state index in [0.717, 1.165) is 0 Å². The Kier molecular flexibility index (Phi) is 4.92. The van der Waals surface area contributed by atoms with E-state index in [1.165, 1.54) is 24.3 Å². The topological polar surface area (TPSA) is 20.2 Å². The molecule has 0 aromatic heterocycles. The Labute approximate surface area is 131 Å². The van der Waals surface area contributed by atoms with Gasteiger partial charge in [-0.1, -0.05) is 28.1 Å². The van der Waals surface area contributed by atoms with Crippen LogP contribution in [0.4, 0.5) is 8.78 Å². The summed E-state index contributed by atoms with van der Waals surface area (Å²) in [5.41, 5.74) is 1.03. The first kappa shape index (κ1) is 14.9. The van der Waals surface area contributed by atoms with Crippen molar-refractivity contribution in [2.45, 2.75) is 12.5 Å². The van der Waals surface area contributed by atoms with Gasteiger partial charge in [0, 0.05) is 14.5 Å². The molecule has 0 aliphatic heterocycles. The second-order valence-corrected chi connectivity index (χ2v) is 6.20. The van der Waals surface area contributed by atoms with E-state index in [9.17, 15) is 13.9 Å². The van der Waals surface area contributed by atoms with Gasteiger partial charge < -0.3 is 5.11 Å². The largest absolute Gasteiger partial charge is 0.388 e. The Morgan fingerprint density at radius 2 is 1.89 bits per heavy atom. The van der Waals surface area contributed by atoms with Crippen molar-refractivity contribution in [3.05, 3.63) is 67.2 Å². The van der Waals surface area contributed by atoms with Gasteiger partial charge in [-0.15, -0.1) is 0 Å². The van der Waals surface area contributed by atoms with Crippen LogP contribution in [0.5, 0.6) is 0 Å². The molecule has 0 radical (unpaired) electrons. The summed E-state index contributed by atoms with van der Waals surface area (Å²) in [4.78, 5) is 0. The maximum atomic E-state index is 13.7. The van der Waals surface area contributed by atoms with Gasteiger partial charge in [0.15, 0.2) is 0 Å². The minimum absolute atomic E-state index is 0.154. The molecule has 2 rings (SSSR count). The van der Waals surface area contributed by atoms with Crippen LogP contribution in [0.15, 0.2) is 40.9 Å². The van der Waals surface area contributed by atoms with Crippen LogP contribution in [-0.4, -0.2) is 5.11 Å². The van der Waals surface area contributed by atoms with Gasteiger partial charge in [-0.05, 0) is 58.0 Å². The molecule has 0 aliphatic rings. The zero-order valence-electron chi connectivity index (χ0n) is 9.71. The zero-order valence-corrected chi connectivity index (χ0v) is 13.5. The predicted octanol–water partition coefficient (Wildman–Crippen LogP) is 4.61. The number of hydrogen-bond acceptors (Lipinski definition) is 1. The fourth-order valence-corrected chi connectivity index (χ4v) is 2.95. The Morgan fingerprint density at radius 3 is 2.53 bits per heavy atom. The molecule has 19 heavy (non-hydrogen) atoms. The third kappa shape index (κ3) is 3.73. The van der Waals surface area contributed by atoms with Crippen LogP contribution >= 0.6 is 38.5 Å². The first-order valence-corrected chi connectivity index (χ1v) is 7.41. The van der Waals surface area contributed by atoms with E-state index < -0.39 is 6.10 Å². The second-order valence-electron chi connectivity index (χ2n) is 4.12. The van der Waals surface area contributed by atoms with Crippen LogP contribution in [0, 0.1) is 15.2 Å². The molecule has 0 saturated heterocycles. The molecule has 0 bridgehead atoms. The highest BCUT2D eigenvalue weighted by atomic mass is 127. The molecule has 100 valence electrons. The second kappa shape index (κ2) is 6.28. The van der Waals surface area contributed by atoms with Gasteiger partial charge in [0.2, 0.25) is 0 Å². The van der Waals surface area contributed by atoms with E-state index in [4.69, 9.17) is 0 Å². The highest BCUT2D eigenvalue weighted by Crippen LogP contribution is 2.26. The number of rotatable bonds is 3. The average molecular weight is 439 g/mol. The standard InChI is InChI=1S/C14H10BrF2IO/c15-9-2-1-8(12(17)6-9)5-14(19)11-4-3-10(16)7-13(11)18/h1-4,6-7,14,19H,5H2. The van der Waals surface area contributed by atoms with Crippen molar-refractivity contribution in [2.75, 3.05) is 0 Å². The van der Waals surface area contributed by atoms with Crippen molar-refractivity contribution >= 4 is 38.5 Å². The van der Waals surface area contributed by atoms with E-state index >= 15 is 0 Å². The van der Waals surface area contributed by atoms with Crippen molar-refractivity contribution < 1.29 is 13.9 Å². The summed E-state index contributed by atoms with van der Waals surface area (Å²) in [7, 11) is 0. The fraction of sp³-hybridized carbons (Fsp3) is 0.143. The van der Waals surface area contributed by atoms with E-state index in [2.05, 4.69) is 15.9 Å². The lowest BCUT2D eigenvalue weighted by atomic mass is 10.0. The summed E-state index contributed by atoms with van der Waals surface area (Å²) in [5, 5.41) is 10.1. The SMILES string of the molecule is OC(Cc1ccc(Br)cc1F)c1ccc(F)cc1I. The molecule has 1 nitrogen and oxygen atoms in total. The lowest BCUT2D eigenvalue weighted by molar-refractivity contribution is 0.176. The van der Waals surface area contributed by atoms with Gasteiger partial charge in [0.05, 0.1) is 6.10 Å². The molecule has 0 amide bonds. The number of hydrogen-bond donors (Lipinski definition) is 1. The summed E-state index contributed by atoms with van der Waals surface area (Å²) in [6.07, 6.45) is -0.705. The molecular formula is C14H10BrF2IO. The van der Waals surface area contributed by atoms with Crippen molar-refractivity contribution in [1.29, 1.82) is 0 Å². The van der Waals surface area contributed by atoms with Crippen LogP contribution in [-0.2, 0) is 6.42 Å². The molecule has 0 fully saturated rings. The molecule has 0 saturated carbocycles. The molecule has 0 aliphatic carbocycles. The molecule has 2 aromatic carbocycles. The maximum Gasteiger partial charge on any atom is 0.127 e. The number of halogens is 4. The van der Waals surface area contributed by atoms with Crippen LogP contribution in [0.2, 0.25) is 0 Å². The quantitative estimate of drug-likeness (QED) is 0.694. The predicted molar refractivity (Wildman–Crippen MR) is 81.9 cm³/mol. The van der Waals surface area contributed by atoms with E-state index in [1.54, 1.807) is 12.1 Å². The van der Waals surface area contributed by atoms with Crippen molar-refractivity contribution in [1.82, 2.24) is 0 Å². The average Bonchev–Trinajstić information content (AvgIpc) is 2.32. The lowest BCUT2D eigenvalue weighted by Crippen LogP contribution is -2.05. The molecule has 5 heteroatoms. The van der Waals surface area contributed by atoms with Crippen LogP contribution in [0.3, 0.4) is 0 Å². The molecule has 1 unspecified atom stereocenters. The van der Waals surface area contributed by atoms with Gasteiger partial charge in [0.25, 0.3) is 0 Å². The number of benzene rings is 2. The van der Waals surface area contributed by atoms with Gasteiger partial charge in [-0.25, -0.2) is 8.78 Å². The third-order valence-corrected chi connectivity index (χ3v) is 4.18. The molecule has 0 spiro atoms. The Bertz CT molecular complexity index is 604. The number of aliphatic hydroxyl groups is 1. The Balaban J connectivity index is 2.23. The molecule has 1 atom stereocenters. The molecular weight excluding hydrogens is 429 g/mol. The monoisotopic (exact) mass is 438 g/mol. The van der Waals surface area contributed by atoms with Crippen LogP contribution < -0.4 is 0 Å². The molecule has 0 heterocycles. The van der Waals surface area contributed by atoms with Crippen LogP contribution in [0.1, 0.15) is 17.2 Å². The molecule has 2 aromatic rings. The lowest BCUT2D eigenvalue weighted by Gasteiger charge is -2.13.